The fraction of sp³-hybridized carbons (Fsp3) is 0.323. The Kier molecular flexibility index (Phi) is 12.5. The van der Waals surface area contributed by atoms with E-state index in [-0.39, 0.29) is 54.5 Å². The fourth-order valence-electron chi connectivity index (χ4n) is 5.37. The number of hydrogen-bond acceptors (Lipinski definition) is 16. The van der Waals surface area contributed by atoms with Gasteiger partial charge in [-0.1, -0.05) is 0 Å². The van der Waals surface area contributed by atoms with Crippen LogP contribution in [0.25, 0.3) is 11.2 Å². The minimum absolute atomic E-state index is 0.0125. The summed E-state index contributed by atoms with van der Waals surface area (Å²) in [5.41, 5.74) is 11.2. The number of nitrogens with two attached hydrogens (primary N) is 1. The first kappa shape index (κ1) is 39.5. The second kappa shape index (κ2) is 17.4. The van der Waals surface area contributed by atoms with E-state index >= 15 is 0 Å². The number of amides is 4. The van der Waals surface area contributed by atoms with Crippen LogP contribution in [0.2, 0.25) is 0 Å². The maximum Gasteiger partial charge on any atom is 0.330 e. The summed E-state index contributed by atoms with van der Waals surface area (Å²) in [5.74, 6) is -7.50. The molecule has 4 atom stereocenters. The summed E-state index contributed by atoms with van der Waals surface area (Å²) >= 11 is 1.11. The molecule has 4 amide bonds. The summed E-state index contributed by atoms with van der Waals surface area (Å²) in [6.07, 6.45) is 1.14. The monoisotopic (exact) mass is 782 g/mol. The van der Waals surface area contributed by atoms with E-state index in [0.29, 0.717) is 11.4 Å². The van der Waals surface area contributed by atoms with Crippen molar-refractivity contribution < 1.29 is 48.9 Å². The third-order valence-electron chi connectivity index (χ3n) is 8.18. The van der Waals surface area contributed by atoms with Crippen molar-refractivity contribution in [2.24, 2.45) is 0 Å². The number of carbonyl (C=O) groups excluding carboxylic acids is 4. The zero-order valence-electron chi connectivity index (χ0n) is 28.4. The van der Waals surface area contributed by atoms with E-state index in [1.54, 1.807) is 12.1 Å². The molecule has 55 heavy (non-hydrogen) atoms. The van der Waals surface area contributed by atoms with Crippen molar-refractivity contribution in [3.05, 3.63) is 63.6 Å². The van der Waals surface area contributed by atoms with Crippen LogP contribution in [-0.2, 0) is 35.3 Å². The molecule has 1 saturated heterocycles. The molecule has 23 nitrogen and oxygen atoms in total. The molecule has 3 aromatic rings. The summed E-state index contributed by atoms with van der Waals surface area (Å²) in [6.45, 7) is -0.186. The van der Waals surface area contributed by atoms with Gasteiger partial charge in [-0.3, -0.25) is 33.8 Å². The van der Waals surface area contributed by atoms with Crippen LogP contribution in [-0.4, -0.2) is 123 Å². The molecular weight excluding hydrogens is 748 g/mol. The highest BCUT2D eigenvalue weighted by Crippen LogP contribution is 2.22. The average Bonchev–Trinajstić information content (AvgIpc) is 3.52. The van der Waals surface area contributed by atoms with Crippen molar-refractivity contribution in [3.8, 4) is 0 Å². The highest BCUT2D eigenvalue weighted by atomic mass is 32.2. The van der Waals surface area contributed by atoms with Gasteiger partial charge < -0.3 is 41.9 Å². The molecule has 0 bridgehead atoms. The van der Waals surface area contributed by atoms with E-state index in [1.165, 1.54) is 29.8 Å². The Labute approximate surface area is 313 Å². The quantitative estimate of drug-likeness (QED) is 0.0721. The zero-order chi connectivity index (χ0) is 39.8. The smallest absolute Gasteiger partial charge is 0.330 e. The van der Waals surface area contributed by atoms with E-state index in [0.717, 1.165) is 21.7 Å². The number of anilines is 2. The molecule has 1 aromatic carbocycles. The van der Waals surface area contributed by atoms with E-state index in [9.17, 15) is 53.7 Å². The standard InChI is InChI=1S/C31H34N12O11S/c32-31-38-24-23(26(48)39-31)36-16(11-35-24)10-33-15-3-1-14(2-4-15)25(47)37-17(29(51)52)5-6-21(44)34-12-18-27(49)43(41-40-18)20(9-22(45)46)28(50)42-13-55-8-7-19(42)30(53)54/h1-4,7-8,11,17-20,33,40-41H,5-6,9-10,12-13H2,(H,34,44)(H,37,47)(H,45,46)(H,51,52)(H,53,54)(H3,32,35,38,39,48). The largest absolute Gasteiger partial charge is 0.481 e. The van der Waals surface area contributed by atoms with Gasteiger partial charge in [0.05, 0.1) is 30.7 Å². The van der Waals surface area contributed by atoms with Gasteiger partial charge in [0.1, 0.15) is 24.2 Å². The van der Waals surface area contributed by atoms with Crippen molar-refractivity contribution >= 4 is 76.1 Å². The number of aliphatic carboxylic acids is 3. The number of nitrogens with one attached hydrogen (secondary N) is 6. The number of fused-ring (bicyclic) bond motifs is 1. The minimum atomic E-state index is -1.63. The normalized spacial score (nSPS) is 17.7. The number of nitrogens with zero attached hydrogens (tertiary/aromatic N) is 5. The first-order valence-electron chi connectivity index (χ1n) is 16.2. The van der Waals surface area contributed by atoms with Gasteiger partial charge in [-0.15, -0.1) is 11.8 Å². The van der Waals surface area contributed by atoms with Gasteiger partial charge in [0.2, 0.25) is 17.8 Å². The van der Waals surface area contributed by atoms with E-state index in [2.05, 4.69) is 46.8 Å². The number of carbonyl (C=O) groups is 7. The molecule has 11 N–H and O–H groups in total. The van der Waals surface area contributed by atoms with Crippen molar-refractivity contribution in [2.75, 3.05) is 23.5 Å². The number of carboxylic acid groups (broad SMARTS) is 3. The Bertz CT molecular complexity index is 2100. The summed E-state index contributed by atoms with van der Waals surface area (Å²) in [7, 11) is 0. The molecule has 2 aliphatic rings. The molecule has 4 heterocycles. The van der Waals surface area contributed by atoms with Crippen molar-refractivity contribution in [2.45, 2.75) is 50.0 Å². The van der Waals surface area contributed by atoms with Gasteiger partial charge >= 0.3 is 17.9 Å². The molecule has 24 heteroatoms. The number of thioether (sulfide) groups is 1. The molecule has 4 unspecified atom stereocenters. The summed E-state index contributed by atoms with van der Waals surface area (Å²) in [6, 6.07) is 0.380. The van der Waals surface area contributed by atoms with Crippen LogP contribution in [0.3, 0.4) is 0 Å². The molecule has 1 fully saturated rings. The molecule has 2 aromatic heterocycles. The number of benzene rings is 1. The fourth-order valence-corrected chi connectivity index (χ4v) is 6.16. The van der Waals surface area contributed by atoms with Crippen LogP contribution in [0.15, 0.2) is 46.7 Å². The molecule has 0 spiro atoms. The van der Waals surface area contributed by atoms with E-state index < -0.39 is 77.7 Å². The predicted molar refractivity (Wildman–Crippen MR) is 190 cm³/mol. The molecule has 5 rings (SSSR count). The molecule has 0 radical (unpaired) electrons. The first-order valence-corrected chi connectivity index (χ1v) is 17.3. The van der Waals surface area contributed by atoms with Gasteiger partial charge in [-0.25, -0.2) is 30.0 Å². The van der Waals surface area contributed by atoms with Gasteiger partial charge in [0.25, 0.3) is 17.4 Å². The zero-order valence-corrected chi connectivity index (χ0v) is 29.2. The molecule has 290 valence electrons. The van der Waals surface area contributed by atoms with E-state index in [4.69, 9.17) is 5.73 Å². The lowest BCUT2D eigenvalue weighted by molar-refractivity contribution is -0.155. The maximum absolute atomic E-state index is 13.3. The second-order valence-electron chi connectivity index (χ2n) is 12.0. The number of hydrogen-bond donors (Lipinski definition) is 10. The number of hydrazine groups is 2. The Morgan fingerprint density at radius 1 is 1.05 bits per heavy atom. The predicted octanol–water partition coefficient (Wildman–Crippen LogP) is -2.45. The number of nitrogen functional groups attached to an aromatic ring is 1. The van der Waals surface area contributed by atoms with Crippen LogP contribution in [0.4, 0.5) is 11.6 Å². The molecule has 0 aliphatic carbocycles. The highest BCUT2D eigenvalue weighted by molar-refractivity contribution is 8.02. The lowest BCUT2D eigenvalue weighted by atomic mass is 10.1. The summed E-state index contributed by atoms with van der Waals surface area (Å²) < 4.78 is 0. The third kappa shape index (κ3) is 9.86. The number of carboxylic acids is 3. The molecule has 0 saturated carbocycles. The SMILES string of the molecule is Nc1nc2ncc(CNc3ccc(C(=O)NC(CCC(=O)NCC4NNN(C(CC(=O)O)C(=O)N5CSC=CC5C(=O)O)C4=O)C(=O)O)cc3)nc2c(=O)[nH]1. The Morgan fingerprint density at radius 2 is 1.80 bits per heavy atom. The lowest BCUT2D eigenvalue weighted by Gasteiger charge is -2.34. The maximum atomic E-state index is 13.3. The van der Waals surface area contributed by atoms with Crippen LogP contribution >= 0.6 is 11.8 Å². The molecular formula is C31H34N12O11S. The van der Waals surface area contributed by atoms with Gasteiger partial charge in [-0.05, 0) is 42.2 Å². The second-order valence-corrected chi connectivity index (χ2v) is 12.8. The molecule has 2 aliphatic heterocycles. The van der Waals surface area contributed by atoms with Crippen molar-refractivity contribution in [1.82, 2.24) is 51.4 Å². The van der Waals surface area contributed by atoms with Crippen LogP contribution < -0.4 is 38.2 Å². The Balaban J connectivity index is 1.09. The first-order chi connectivity index (χ1) is 26.2. The Hall–Kier alpha value is -6.66. The van der Waals surface area contributed by atoms with Crippen molar-refractivity contribution in [3.63, 3.8) is 0 Å². The van der Waals surface area contributed by atoms with Gasteiger partial charge in [0.15, 0.2) is 11.2 Å². The average molecular weight is 783 g/mol. The van der Waals surface area contributed by atoms with Crippen LogP contribution in [0.1, 0.15) is 35.3 Å². The summed E-state index contributed by atoms with van der Waals surface area (Å²) in [4.78, 5) is 115. The number of aromatic amines is 1. The topological polar surface area (TPSA) is 344 Å². The minimum Gasteiger partial charge on any atom is -0.481 e. The van der Waals surface area contributed by atoms with Crippen molar-refractivity contribution in [1.29, 1.82) is 0 Å². The van der Waals surface area contributed by atoms with E-state index in [1.807, 2.05) is 0 Å². The van der Waals surface area contributed by atoms with Gasteiger partial charge in [-0.2, -0.15) is 10.5 Å². The van der Waals surface area contributed by atoms with Crippen LogP contribution in [0, 0.1) is 0 Å². The Morgan fingerprint density at radius 3 is 2.49 bits per heavy atom. The number of H-pyrrole nitrogens is 1. The van der Waals surface area contributed by atoms with Crippen LogP contribution in [0.5, 0.6) is 0 Å². The lowest BCUT2D eigenvalue weighted by Crippen LogP contribution is -2.57. The highest BCUT2D eigenvalue weighted by Gasteiger charge is 2.44. The van der Waals surface area contributed by atoms with Gasteiger partial charge in [0, 0.05) is 24.2 Å². The number of aromatic nitrogens is 4. The summed E-state index contributed by atoms with van der Waals surface area (Å²) in [5, 5.41) is 38.7. The number of rotatable bonds is 16. The third-order valence-corrected chi connectivity index (χ3v) is 8.95.